The predicted molar refractivity (Wildman–Crippen MR) is 54.6 cm³/mol. The molecule has 15 heavy (non-hydrogen) atoms. The summed E-state index contributed by atoms with van der Waals surface area (Å²) >= 11 is 0. The van der Waals surface area contributed by atoms with Gasteiger partial charge in [0.15, 0.2) is 0 Å². The van der Waals surface area contributed by atoms with E-state index in [0.29, 0.717) is 17.2 Å². The summed E-state index contributed by atoms with van der Waals surface area (Å²) in [6.07, 6.45) is 6.77. The van der Waals surface area contributed by atoms with E-state index in [0.717, 1.165) is 0 Å². The van der Waals surface area contributed by atoms with Crippen molar-refractivity contribution in [2.45, 2.75) is 6.92 Å². The molecule has 0 aliphatic rings. The maximum absolute atomic E-state index is 13.1. The molecule has 0 aliphatic heterocycles. The van der Waals surface area contributed by atoms with E-state index in [9.17, 15) is 4.39 Å². The lowest BCUT2D eigenvalue weighted by Crippen LogP contribution is -1.85. The van der Waals surface area contributed by atoms with Crippen molar-refractivity contribution in [3.8, 4) is 23.8 Å². The SMILES string of the molecule is C#Cc1cc(-c2ncc(C)o2)ccc1F. The van der Waals surface area contributed by atoms with Gasteiger partial charge in [-0.25, -0.2) is 9.37 Å². The van der Waals surface area contributed by atoms with Crippen LogP contribution in [0.3, 0.4) is 0 Å². The number of benzene rings is 1. The van der Waals surface area contributed by atoms with Gasteiger partial charge in [-0.1, -0.05) is 5.92 Å². The Kier molecular flexibility index (Phi) is 2.26. The van der Waals surface area contributed by atoms with Crippen LogP contribution in [0, 0.1) is 25.1 Å². The highest BCUT2D eigenvalue weighted by molar-refractivity contribution is 5.57. The maximum Gasteiger partial charge on any atom is 0.226 e. The lowest BCUT2D eigenvalue weighted by atomic mass is 10.1. The van der Waals surface area contributed by atoms with Gasteiger partial charge in [0.2, 0.25) is 5.89 Å². The normalized spacial score (nSPS) is 9.93. The average Bonchev–Trinajstić information content (AvgIpc) is 2.66. The summed E-state index contributed by atoms with van der Waals surface area (Å²) in [5, 5.41) is 0. The Morgan fingerprint density at radius 3 is 2.87 bits per heavy atom. The number of rotatable bonds is 1. The Labute approximate surface area is 86.8 Å². The second-order valence-electron chi connectivity index (χ2n) is 3.12. The molecule has 0 fully saturated rings. The molecule has 0 spiro atoms. The van der Waals surface area contributed by atoms with Gasteiger partial charge in [-0.2, -0.15) is 0 Å². The van der Waals surface area contributed by atoms with Crippen LogP contribution in [0.4, 0.5) is 4.39 Å². The molecule has 2 rings (SSSR count). The van der Waals surface area contributed by atoms with Gasteiger partial charge in [0.25, 0.3) is 0 Å². The van der Waals surface area contributed by atoms with Crippen LogP contribution < -0.4 is 0 Å². The number of hydrogen-bond donors (Lipinski definition) is 0. The molecule has 0 saturated carbocycles. The molecule has 0 amide bonds. The maximum atomic E-state index is 13.1. The van der Waals surface area contributed by atoms with E-state index in [2.05, 4.69) is 10.9 Å². The van der Waals surface area contributed by atoms with Crippen LogP contribution in [0.25, 0.3) is 11.5 Å². The van der Waals surface area contributed by atoms with Crippen molar-refractivity contribution < 1.29 is 8.81 Å². The second-order valence-corrected chi connectivity index (χ2v) is 3.12. The van der Waals surface area contributed by atoms with Gasteiger partial charge in [-0.3, -0.25) is 0 Å². The first-order chi connectivity index (χ1) is 7.20. The second kappa shape index (κ2) is 3.58. The molecule has 0 bridgehead atoms. The summed E-state index contributed by atoms with van der Waals surface area (Å²) in [6, 6.07) is 4.44. The fraction of sp³-hybridized carbons (Fsp3) is 0.0833. The van der Waals surface area contributed by atoms with Gasteiger partial charge >= 0.3 is 0 Å². The molecule has 0 radical (unpaired) electrons. The van der Waals surface area contributed by atoms with Crippen molar-refractivity contribution in [2.75, 3.05) is 0 Å². The highest BCUT2D eigenvalue weighted by Gasteiger charge is 2.07. The minimum atomic E-state index is -0.412. The Hall–Kier alpha value is -2.08. The van der Waals surface area contributed by atoms with Crippen LogP contribution in [-0.4, -0.2) is 4.98 Å². The standard InChI is InChI=1S/C12H8FNO/c1-3-9-6-10(4-5-11(9)13)12-14-7-8(2)15-12/h1,4-7H,2H3. The summed E-state index contributed by atoms with van der Waals surface area (Å²) in [4.78, 5) is 4.03. The Balaban J connectivity index is 2.51. The van der Waals surface area contributed by atoms with Gasteiger partial charge in [0.1, 0.15) is 11.6 Å². The first-order valence-corrected chi connectivity index (χ1v) is 4.39. The minimum Gasteiger partial charge on any atom is -0.441 e. The van der Waals surface area contributed by atoms with Crippen molar-refractivity contribution in [1.82, 2.24) is 4.98 Å². The summed E-state index contributed by atoms with van der Waals surface area (Å²) in [5.41, 5.74) is 0.890. The van der Waals surface area contributed by atoms with Crippen molar-refractivity contribution in [1.29, 1.82) is 0 Å². The number of aromatic nitrogens is 1. The van der Waals surface area contributed by atoms with Gasteiger partial charge in [-0.05, 0) is 25.1 Å². The smallest absolute Gasteiger partial charge is 0.226 e. The molecule has 0 atom stereocenters. The van der Waals surface area contributed by atoms with Crippen LogP contribution in [0.15, 0.2) is 28.8 Å². The zero-order chi connectivity index (χ0) is 10.8. The molecule has 1 aromatic carbocycles. The fourth-order valence-electron chi connectivity index (χ4n) is 1.26. The zero-order valence-corrected chi connectivity index (χ0v) is 8.12. The van der Waals surface area contributed by atoms with Crippen molar-refractivity contribution in [2.24, 2.45) is 0 Å². The molecule has 1 heterocycles. The average molecular weight is 201 g/mol. The van der Waals surface area contributed by atoms with E-state index in [4.69, 9.17) is 10.8 Å². The van der Waals surface area contributed by atoms with Gasteiger partial charge < -0.3 is 4.42 Å². The third-order valence-corrected chi connectivity index (χ3v) is 1.99. The molecule has 0 saturated heterocycles. The minimum absolute atomic E-state index is 0.211. The van der Waals surface area contributed by atoms with Crippen molar-refractivity contribution in [3.05, 3.63) is 41.5 Å². The van der Waals surface area contributed by atoms with Gasteiger partial charge in [0.05, 0.1) is 11.8 Å². The van der Waals surface area contributed by atoms with E-state index in [1.165, 1.54) is 6.07 Å². The molecule has 0 unspecified atom stereocenters. The van der Waals surface area contributed by atoms with E-state index >= 15 is 0 Å². The highest BCUT2D eigenvalue weighted by Crippen LogP contribution is 2.21. The van der Waals surface area contributed by atoms with Crippen LogP contribution in [0.5, 0.6) is 0 Å². The van der Waals surface area contributed by atoms with E-state index in [1.807, 2.05) is 0 Å². The molecular formula is C12H8FNO. The van der Waals surface area contributed by atoms with Crippen molar-refractivity contribution >= 4 is 0 Å². The number of nitrogens with zero attached hydrogens (tertiary/aromatic N) is 1. The first kappa shape index (κ1) is 9.47. The number of hydrogen-bond acceptors (Lipinski definition) is 2. The van der Waals surface area contributed by atoms with Gasteiger partial charge in [0, 0.05) is 5.56 Å². The van der Waals surface area contributed by atoms with Crippen LogP contribution in [0.2, 0.25) is 0 Å². The molecule has 3 heteroatoms. The lowest BCUT2D eigenvalue weighted by Gasteiger charge is -1.98. The summed E-state index contributed by atoms with van der Waals surface area (Å²) in [5.74, 6) is 3.01. The fourth-order valence-corrected chi connectivity index (χ4v) is 1.26. The third kappa shape index (κ3) is 1.75. The third-order valence-electron chi connectivity index (χ3n) is 1.99. The number of oxazole rings is 1. The molecule has 2 aromatic rings. The number of aryl methyl sites for hydroxylation is 1. The number of halogens is 1. The van der Waals surface area contributed by atoms with Crippen LogP contribution in [0.1, 0.15) is 11.3 Å². The summed E-state index contributed by atoms with van der Waals surface area (Å²) in [6.45, 7) is 1.79. The van der Waals surface area contributed by atoms with Crippen LogP contribution in [-0.2, 0) is 0 Å². The van der Waals surface area contributed by atoms with Crippen LogP contribution >= 0.6 is 0 Å². The molecule has 74 valence electrons. The molecule has 0 N–H and O–H groups in total. The quantitative estimate of drug-likeness (QED) is 0.663. The highest BCUT2D eigenvalue weighted by atomic mass is 19.1. The summed E-state index contributed by atoms with van der Waals surface area (Å²) < 4.78 is 18.4. The van der Waals surface area contributed by atoms with E-state index in [-0.39, 0.29) is 5.56 Å². The van der Waals surface area contributed by atoms with Gasteiger partial charge in [-0.15, -0.1) is 6.42 Å². The number of terminal acetylenes is 1. The van der Waals surface area contributed by atoms with Crippen molar-refractivity contribution in [3.63, 3.8) is 0 Å². The molecule has 2 nitrogen and oxygen atoms in total. The molecular weight excluding hydrogens is 193 g/mol. The van der Waals surface area contributed by atoms with E-state index in [1.54, 1.807) is 25.3 Å². The lowest BCUT2D eigenvalue weighted by molar-refractivity contribution is 0.542. The Morgan fingerprint density at radius 2 is 2.27 bits per heavy atom. The Morgan fingerprint density at radius 1 is 1.47 bits per heavy atom. The predicted octanol–water partition coefficient (Wildman–Crippen LogP) is 2.77. The Bertz CT molecular complexity index is 537. The molecule has 0 aliphatic carbocycles. The first-order valence-electron chi connectivity index (χ1n) is 4.39. The zero-order valence-electron chi connectivity index (χ0n) is 8.12. The van der Waals surface area contributed by atoms with E-state index < -0.39 is 5.82 Å². The topological polar surface area (TPSA) is 26.0 Å². The monoisotopic (exact) mass is 201 g/mol. The molecule has 1 aromatic heterocycles. The largest absolute Gasteiger partial charge is 0.441 e. The summed E-state index contributed by atoms with van der Waals surface area (Å²) in [7, 11) is 0.